The first kappa shape index (κ1) is 13.1. The zero-order valence-electron chi connectivity index (χ0n) is 10.3. The molecule has 1 N–H and O–H groups in total. The summed E-state index contributed by atoms with van der Waals surface area (Å²) in [6, 6.07) is 13.6. The van der Waals surface area contributed by atoms with Crippen molar-refractivity contribution in [3.8, 4) is 0 Å². The minimum Gasteiger partial charge on any atom is -0.322 e. The highest BCUT2D eigenvalue weighted by Gasteiger charge is 2.09. The molecule has 18 heavy (non-hydrogen) atoms. The summed E-state index contributed by atoms with van der Waals surface area (Å²) >= 11 is 2.17. The average molecular weight is 351 g/mol. The molecular weight excluding hydrogens is 337 g/mol. The maximum Gasteiger partial charge on any atom is 0.256 e. The normalized spacial score (nSPS) is 10.2. The van der Waals surface area contributed by atoms with Gasteiger partial charge in [-0.05, 0) is 71.8 Å². The van der Waals surface area contributed by atoms with Crippen LogP contribution in [0.15, 0.2) is 42.5 Å². The molecule has 92 valence electrons. The molecule has 0 unspecified atom stereocenters. The molecule has 0 radical (unpaired) electrons. The van der Waals surface area contributed by atoms with Gasteiger partial charge in [-0.2, -0.15) is 0 Å². The van der Waals surface area contributed by atoms with E-state index in [9.17, 15) is 4.79 Å². The number of anilines is 1. The van der Waals surface area contributed by atoms with Gasteiger partial charge >= 0.3 is 0 Å². The third-order valence-electron chi connectivity index (χ3n) is 2.60. The van der Waals surface area contributed by atoms with Crippen LogP contribution in [0, 0.1) is 17.4 Å². The van der Waals surface area contributed by atoms with Crippen LogP contribution in [0.3, 0.4) is 0 Å². The zero-order chi connectivity index (χ0) is 13.1. The van der Waals surface area contributed by atoms with Crippen LogP contribution in [0.1, 0.15) is 21.5 Å². The predicted molar refractivity (Wildman–Crippen MR) is 83.0 cm³/mol. The van der Waals surface area contributed by atoms with Crippen LogP contribution >= 0.6 is 22.6 Å². The van der Waals surface area contributed by atoms with Crippen molar-refractivity contribution in [1.29, 1.82) is 0 Å². The van der Waals surface area contributed by atoms with Crippen LogP contribution in [-0.2, 0) is 0 Å². The highest BCUT2D eigenvalue weighted by atomic mass is 127. The van der Waals surface area contributed by atoms with Crippen LogP contribution in [0.4, 0.5) is 5.69 Å². The predicted octanol–water partition coefficient (Wildman–Crippen LogP) is 4.16. The Balaban J connectivity index is 2.24. The topological polar surface area (TPSA) is 29.1 Å². The van der Waals surface area contributed by atoms with Crippen molar-refractivity contribution in [2.45, 2.75) is 13.8 Å². The first-order valence-electron chi connectivity index (χ1n) is 5.70. The van der Waals surface area contributed by atoms with E-state index in [1.165, 1.54) is 0 Å². The molecule has 3 heteroatoms. The third-order valence-corrected chi connectivity index (χ3v) is 3.54. The molecule has 0 saturated carbocycles. The minimum absolute atomic E-state index is 0.0648. The number of nitrogens with one attached hydrogen (secondary N) is 1. The Kier molecular flexibility index (Phi) is 4.01. The summed E-state index contributed by atoms with van der Waals surface area (Å²) in [7, 11) is 0. The second-order valence-electron chi connectivity index (χ2n) is 4.31. The van der Waals surface area contributed by atoms with Crippen LogP contribution in [-0.4, -0.2) is 5.91 Å². The molecule has 2 rings (SSSR count). The summed E-state index contributed by atoms with van der Waals surface area (Å²) < 4.78 is 0.956. The first-order valence-corrected chi connectivity index (χ1v) is 6.78. The number of carbonyl (C=O) groups excluding carboxylic acids is 1. The lowest BCUT2D eigenvalue weighted by molar-refractivity contribution is 0.102. The number of halogens is 1. The Morgan fingerprint density at radius 1 is 1.06 bits per heavy atom. The van der Waals surface area contributed by atoms with Gasteiger partial charge in [0.15, 0.2) is 0 Å². The molecule has 2 aromatic carbocycles. The van der Waals surface area contributed by atoms with E-state index in [1.807, 2.05) is 50.2 Å². The first-order chi connectivity index (χ1) is 8.56. The van der Waals surface area contributed by atoms with Crippen LogP contribution in [0.5, 0.6) is 0 Å². The van der Waals surface area contributed by atoms with E-state index in [4.69, 9.17) is 0 Å². The Morgan fingerprint density at radius 2 is 1.67 bits per heavy atom. The standard InChI is InChI=1S/C15H14INO/c1-10-7-11(2)9-12(8-10)17-15(18)13-5-3-4-6-14(13)16/h3-9H,1-2H3,(H,17,18). The molecule has 1 amide bonds. The van der Waals surface area contributed by atoms with Gasteiger partial charge in [-0.25, -0.2) is 0 Å². The fraction of sp³-hybridized carbons (Fsp3) is 0.133. The Hall–Kier alpha value is -1.36. The van der Waals surface area contributed by atoms with Crippen molar-refractivity contribution >= 4 is 34.2 Å². The van der Waals surface area contributed by atoms with E-state index in [2.05, 4.69) is 34.0 Å². The number of benzene rings is 2. The van der Waals surface area contributed by atoms with Crippen LogP contribution in [0.2, 0.25) is 0 Å². The Labute approximate surface area is 121 Å². The lowest BCUT2D eigenvalue weighted by Crippen LogP contribution is -2.13. The second-order valence-corrected chi connectivity index (χ2v) is 5.47. The molecule has 0 spiro atoms. The van der Waals surface area contributed by atoms with Gasteiger partial charge in [-0.1, -0.05) is 18.2 Å². The summed E-state index contributed by atoms with van der Waals surface area (Å²) in [6.07, 6.45) is 0. The highest BCUT2D eigenvalue weighted by molar-refractivity contribution is 14.1. The molecule has 0 aromatic heterocycles. The molecule has 2 nitrogen and oxygen atoms in total. The van der Waals surface area contributed by atoms with Crippen molar-refractivity contribution in [2.75, 3.05) is 5.32 Å². The maximum absolute atomic E-state index is 12.1. The van der Waals surface area contributed by atoms with Gasteiger partial charge in [0.25, 0.3) is 5.91 Å². The van der Waals surface area contributed by atoms with Gasteiger partial charge in [-0.15, -0.1) is 0 Å². The minimum atomic E-state index is -0.0648. The molecule has 2 aromatic rings. The van der Waals surface area contributed by atoms with E-state index in [1.54, 1.807) is 0 Å². The van der Waals surface area contributed by atoms with Crippen molar-refractivity contribution in [3.05, 3.63) is 62.7 Å². The molecular formula is C15H14INO. The summed E-state index contributed by atoms with van der Waals surface area (Å²) in [4.78, 5) is 12.1. The third kappa shape index (κ3) is 3.10. The van der Waals surface area contributed by atoms with E-state index in [0.717, 1.165) is 20.4 Å². The largest absolute Gasteiger partial charge is 0.322 e. The summed E-state index contributed by atoms with van der Waals surface area (Å²) in [5.41, 5.74) is 3.84. The van der Waals surface area contributed by atoms with Gasteiger partial charge in [0.2, 0.25) is 0 Å². The van der Waals surface area contributed by atoms with Crippen molar-refractivity contribution < 1.29 is 4.79 Å². The molecule has 0 aliphatic heterocycles. The molecule has 0 heterocycles. The van der Waals surface area contributed by atoms with Gasteiger partial charge in [0.05, 0.1) is 5.56 Å². The number of rotatable bonds is 2. The highest BCUT2D eigenvalue weighted by Crippen LogP contribution is 2.17. The Morgan fingerprint density at radius 3 is 2.28 bits per heavy atom. The summed E-state index contributed by atoms with van der Waals surface area (Å²) in [6.45, 7) is 4.05. The fourth-order valence-corrected chi connectivity index (χ4v) is 2.52. The number of hydrogen-bond donors (Lipinski definition) is 1. The SMILES string of the molecule is Cc1cc(C)cc(NC(=O)c2ccccc2I)c1. The summed E-state index contributed by atoms with van der Waals surface area (Å²) in [5, 5.41) is 2.94. The second kappa shape index (κ2) is 5.52. The monoisotopic (exact) mass is 351 g/mol. The van der Waals surface area contributed by atoms with E-state index < -0.39 is 0 Å². The number of amides is 1. The number of carbonyl (C=O) groups is 1. The summed E-state index contributed by atoms with van der Waals surface area (Å²) in [5.74, 6) is -0.0648. The molecule has 0 atom stereocenters. The average Bonchev–Trinajstić information content (AvgIpc) is 2.27. The Bertz CT molecular complexity index is 573. The van der Waals surface area contributed by atoms with Gasteiger partial charge in [0, 0.05) is 9.26 Å². The quantitative estimate of drug-likeness (QED) is 0.809. The molecule has 0 aliphatic carbocycles. The molecule has 0 bridgehead atoms. The fourth-order valence-electron chi connectivity index (χ4n) is 1.89. The zero-order valence-corrected chi connectivity index (χ0v) is 12.5. The van der Waals surface area contributed by atoms with E-state index >= 15 is 0 Å². The molecule has 0 fully saturated rings. The maximum atomic E-state index is 12.1. The van der Waals surface area contributed by atoms with Crippen molar-refractivity contribution in [1.82, 2.24) is 0 Å². The smallest absolute Gasteiger partial charge is 0.256 e. The van der Waals surface area contributed by atoms with E-state index in [0.29, 0.717) is 5.56 Å². The lowest BCUT2D eigenvalue weighted by atomic mass is 10.1. The van der Waals surface area contributed by atoms with Crippen LogP contribution in [0.25, 0.3) is 0 Å². The van der Waals surface area contributed by atoms with Crippen molar-refractivity contribution in [3.63, 3.8) is 0 Å². The molecule has 0 saturated heterocycles. The van der Waals surface area contributed by atoms with Crippen molar-refractivity contribution in [2.24, 2.45) is 0 Å². The van der Waals surface area contributed by atoms with E-state index in [-0.39, 0.29) is 5.91 Å². The number of hydrogen-bond acceptors (Lipinski definition) is 1. The van der Waals surface area contributed by atoms with Gasteiger partial charge in [-0.3, -0.25) is 4.79 Å². The number of aryl methyl sites for hydroxylation is 2. The van der Waals surface area contributed by atoms with Gasteiger partial charge in [0.1, 0.15) is 0 Å². The lowest BCUT2D eigenvalue weighted by Gasteiger charge is -2.08. The molecule has 0 aliphatic rings. The van der Waals surface area contributed by atoms with Crippen LogP contribution < -0.4 is 5.32 Å². The van der Waals surface area contributed by atoms with Gasteiger partial charge < -0.3 is 5.32 Å².